The van der Waals surface area contributed by atoms with E-state index in [9.17, 15) is 18.3 Å². The van der Waals surface area contributed by atoms with Gasteiger partial charge in [-0.05, 0) is 22.6 Å². The van der Waals surface area contributed by atoms with E-state index in [0.29, 0.717) is 6.07 Å². The standard InChI is InChI=1S/C6H2F3IO/c7-2-1-3(8)5(10)6(11)4(2)9/h1,11H/p-1. The Bertz CT molecular complexity index is 274. The zero-order chi connectivity index (χ0) is 8.59. The van der Waals surface area contributed by atoms with Gasteiger partial charge in [0.2, 0.25) is 0 Å². The summed E-state index contributed by atoms with van der Waals surface area (Å²) in [5.74, 6) is -5.25. The van der Waals surface area contributed by atoms with Crippen LogP contribution < -0.4 is 5.11 Å². The monoisotopic (exact) mass is 273 g/mol. The average Bonchev–Trinajstić information content (AvgIpc) is 1.97. The Morgan fingerprint density at radius 1 is 1.18 bits per heavy atom. The normalized spacial score (nSPS) is 10.2. The van der Waals surface area contributed by atoms with Crippen molar-refractivity contribution in [2.45, 2.75) is 0 Å². The third-order valence-corrected chi connectivity index (χ3v) is 2.08. The highest BCUT2D eigenvalue weighted by Crippen LogP contribution is 2.24. The third kappa shape index (κ3) is 1.42. The van der Waals surface area contributed by atoms with Crippen molar-refractivity contribution in [2.24, 2.45) is 0 Å². The summed E-state index contributed by atoms with van der Waals surface area (Å²) >= 11 is 1.32. The molecule has 60 valence electrons. The van der Waals surface area contributed by atoms with E-state index in [1.807, 2.05) is 0 Å². The molecule has 1 aromatic carbocycles. The minimum absolute atomic E-state index is 0.346. The number of benzene rings is 1. The highest BCUT2D eigenvalue weighted by molar-refractivity contribution is 14.1. The van der Waals surface area contributed by atoms with E-state index in [1.54, 1.807) is 0 Å². The average molecular weight is 273 g/mol. The predicted octanol–water partition coefficient (Wildman–Crippen LogP) is 1.78. The molecule has 5 heteroatoms. The van der Waals surface area contributed by atoms with E-state index >= 15 is 0 Å². The smallest absolute Gasteiger partial charge is 0.161 e. The largest absolute Gasteiger partial charge is 0.870 e. The van der Waals surface area contributed by atoms with Crippen LogP contribution >= 0.6 is 22.6 Å². The summed E-state index contributed by atoms with van der Waals surface area (Å²) in [5.41, 5.74) is 0. The van der Waals surface area contributed by atoms with Crippen molar-refractivity contribution in [3.63, 3.8) is 0 Å². The van der Waals surface area contributed by atoms with Crippen LogP contribution in [0.25, 0.3) is 0 Å². The van der Waals surface area contributed by atoms with Crippen molar-refractivity contribution in [2.75, 3.05) is 0 Å². The summed E-state index contributed by atoms with van der Waals surface area (Å²) in [6, 6.07) is 0.346. The van der Waals surface area contributed by atoms with Crippen LogP contribution in [0.5, 0.6) is 5.75 Å². The minimum Gasteiger partial charge on any atom is -0.870 e. The lowest BCUT2D eigenvalue weighted by Crippen LogP contribution is -2.02. The summed E-state index contributed by atoms with van der Waals surface area (Å²) in [5, 5.41) is 10.5. The van der Waals surface area contributed by atoms with Crippen molar-refractivity contribution < 1.29 is 18.3 Å². The molecule has 1 rings (SSSR count). The molecule has 1 nitrogen and oxygen atoms in total. The number of hydrogen-bond donors (Lipinski definition) is 0. The first-order valence-corrected chi connectivity index (χ1v) is 3.62. The molecule has 0 N–H and O–H groups in total. The molecule has 0 aliphatic carbocycles. The molecule has 0 amide bonds. The molecule has 0 spiro atoms. The van der Waals surface area contributed by atoms with Crippen molar-refractivity contribution >= 4 is 22.6 Å². The van der Waals surface area contributed by atoms with Crippen molar-refractivity contribution in [3.8, 4) is 5.75 Å². The van der Waals surface area contributed by atoms with E-state index in [0.717, 1.165) is 0 Å². The Morgan fingerprint density at radius 3 is 2.27 bits per heavy atom. The summed E-state index contributed by atoms with van der Waals surface area (Å²) in [6.45, 7) is 0. The van der Waals surface area contributed by atoms with Crippen LogP contribution in [0.4, 0.5) is 13.2 Å². The van der Waals surface area contributed by atoms with Gasteiger partial charge in [0, 0.05) is 9.64 Å². The minimum atomic E-state index is -1.53. The summed E-state index contributed by atoms with van der Waals surface area (Å²) in [6.07, 6.45) is 0. The molecular formula is C6HF3IO-. The molecule has 0 saturated heterocycles. The van der Waals surface area contributed by atoms with Crippen LogP contribution in [0.2, 0.25) is 0 Å². The van der Waals surface area contributed by atoms with E-state index in [2.05, 4.69) is 0 Å². The first-order valence-electron chi connectivity index (χ1n) is 2.54. The van der Waals surface area contributed by atoms with Crippen LogP contribution in [0.15, 0.2) is 6.07 Å². The van der Waals surface area contributed by atoms with Gasteiger partial charge in [0.15, 0.2) is 11.6 Å². The van der Waals surface area contributed by atoms with Gasteiger partial charge < -0.3 is 5.11 Å². The number of halogens is 4. The maximum atomic E-state index is 12.4. The maximum absolute atomic E-state index is 12.4. The van der Waals surface area contributed by atoms with Gasteiger partial charge in [0.25, 0.3) is 0 Å². The Morgan fingerprint density at radius 2 is 1.73 bits per heavy atom. The number of rotatable bonds is 0. The summed E-state index contributed by atoms with van der Waals surface area (Å²) in [7, 11) is 0. The number of hydrogen-bond acceptors (Lipinski definition) is 1. The molecule has 0 aliphatic heterocycles. The first-order chi connectivity index (χ1) is 5.04. The second-order valence-corrected chi connectivity index (χ2v) is 2.88. The van der Waals surface area contributed by atoms with Gasteiger partial charge >= 0.3 is 0 Å². The van der Waals surface area contributed by atoms with E-state index < -0.39 is 26.8 Å². The van der Waals surface area contributed by atoms with Crippen molar-refractivity contribution in [3.05, 3.63) is 27.1 Å². The van der Waals surface area contributed by atoms with Crippen LogP contribution in [-0.4, -0.2) is 0 Å². The maximum Gasteiger partial charge on any atom is 0.161 e. The molecule has 1 aromatic rings. The Balaban J connectivity index is 3.46. The molecule has 0 bridgehead atoms. The molecule has 0 radical (unpaired) electrons. The Labute approximate surface area is 74.0 Å². The lowest BCUT2D eigenvalue weighted by atomic mass is 10.3. The van der Waals surface area contributed by atoms with Gasteiger partial charge in [-0.1, -0.05) is 5.75 Å². The zero-order valence-electron chi connectivity index (χ0n) is 5.00. The molecule has 0 saturated carbocycles. The molecule has 0 aliphatic rings. The third-order valence-electron chi connectivity index (χ3n) is 1.07. The van der Waals surface area contributed by atoms with E-state index in [-0.39, 0.29) is 0 Å². The highest BCUT2D eigenvalue weighted by Gasteiger charge is 2.09. The van der Waals surface area contributed by atoms with Gasteiger partial charge in [-0.2, -0.15) is 0 Å². The van der Waals surface area contributed by atoms with Crippen molar-refractivity contribution in [1.82, 2.24) is 0 Å². The Kier molecular flexibility index (Phi) is 2.26. The fraction of sp³-hybridized carbons (Fsp3) is 0. The molecule has 0 heterocycles. The molecular weight excluding hydrogens is 272 g/mol. The molecule has 0 unspecified atom stereocenters. The Hall–Kier alpha value is -0.460. The topological polar surface area (TPSA) is 23.1 Å². The van der Waals surface area contributed by atoms with Crippen LogP contribution in [0.3, 0.4) is 0 Å². The molecule has 0 aromatic heterocycles. The van der Waals surface area contributed by atoms with Crippen LogP contribution in [-0.2, 0) is 0 Å². The summed E-state index contributed by atoms with van der Waals surface area (Å²) in [4.78, 5) is 0. The van der Waals surface area contributed by atoms with Gasteiger partial charge in [-0.15, -0.1) is 0 Å². The molecule has 11 heavy (non-hydrogen) atoms. The van der Waals surface area contributed by atoms with Gasteiger partial charge in [-0.3, -0.25) is 0 Å². The van der Waals surface area contributed by atoms with Crippen LogP contribution in [0.1, 0.15) is 0 Å². The first kappa shape index (κ1) is 8.63. The predicted molar refractivity (Wildman–Crippen MR) is 38.5 cm³/mol. The second kappa shape index (κ2) is 2.88. The highest BCUT2D eigenvalue weighted by atomic mass is 127. The lowest BCUT2D eigenvalue weighted by molar-refractivity contribution is -0.274. The van der Waals surface area contributed by atoms with Crippen LogP contribution in [0, 0.1) is 21.0 Å². The quantitative estimate of drug-likeness (QED) is 0.522. The fourth-order valence-corrected chi connectivity index (χ4v) is 0.944. The lowest BCUT2D eigenvalue weighted by Gasteiger charge is -2.10. The van der Waals surface area contributed by atoms with E-state index in [1.165, 1.54) is 22.6 Å². The molecule has 0 fully saturated rings. The summed E-state index contributed by atoms with van der Waals surface area (Å²) < 4.78 is 36.5. The zero-order valence-corrected chi connectivity index (χ0v) is 7.15. The fourth-order valence-electron chi connectivity index (χ4n) is 0.551. The van der Waals surface area contributed by atoms with Crippen molar-refractivity contribution in [1.29, 1.82) is 0 Å². The van der Waals surface area contributed by atoms with Gasteiger partial charge in [-0.25, -0.2) is 13.2 Å². The second-order valence-electron chi connectivity index (χ2n) is 1.80. The van der Waals surface area contributed by atoms with E-state index in [4.69, 9.17) is 0 Å². The SMILES string of the molecule is [O-]c1c(F)c(F)cc(F)c1I. The van der Waals surface area contributed by atoms with Gasteiger partial charge in [0.05, 0.1) is 0 Å². The molecule has 0 atom stereocenters. The van der Waals surface area contributed by atoms with Gasteiger partial charge in [0.1, 0.15) is 5.82 Å².